The molecule has 1 N–H and O–H groups in total. The fourth-order valence-corrected chi connectivity index (χ4v) is 2.07. The second kappa shape index (κ2) is 7.28. The molecule has 2 heterocycles. The molecule has 1 aromatic rings. The molecule has 5 nitrogen and oxygen atoms in total. The average Bonchev–Trinajstić information content (AvgIpc) is 2.43. The fraction of sp³-hybridized carbons (Fsp3) is 0.714. The summed E-state index contributed by atoms with van der Waals surface area (Å²) in [5.74, 6) is 1.27. The van der Waals surface area contributed by atoms with E-state index in [0.29, 0.717) is 18.4 Å². The van der Waals surface area contributed by atoms with E-state index < -0.39 is 0 Å². The van der Waals surface area contributed by atoms with Crippen LogP contribution in [0.5, 0.6) is 5.88 Å². The van der Waals surface area contributed by atoms with E-state index >= 15 is 0 Å². The summed E-state index contributed by atoms with van der Waals surface area (Å²) in [7, 11) is 0. The molecule has 1 saturated heterocycles. The number of ether oxygens (including phenoxy) is 2. The van der Waals surface area contributed by atoms with Gasteiger partial charge in [0.15, 0.2) is 0 Å². The molecule has 0 bridgehead atoms. The van der Waals surface area contributed by atoms with E-state index in [1.807, 2.05) is 13.0 Å². The molecule has 1 aromatic heterocycles. The first kappa shape index (κ1) is 14.1. The predicted molar refractivity (Wildman–Crippen MR) is 74.6 cm³/mol. The molecular formula is C14H23N3O2. The van der Waals surface area contributed by atoms with Gasteiger partial charge in [-0.2, -0.15) is 4.98 Å². The molecule has 0 saturated carbocycles. The maximum absolute atomic E-state index is 5.68. The fourth-order valence-electron chi connectivity index (χ4n) is 2.07. The monoisotopic (exact) mass is 265 g/mol. The van der Waals surface area contributed by atoms with Crippen LogP contribution in [0.15, 0.2) is 6.07 Å². The second-order valence-corrected chi connectivity index (χ2v) is 4.89. The Labute approximate surface area is 114 Å². The van der Waals surface area contributed by atoms with Gasteiger partial charge < -0.3 is 14.8 Å². The maximum atomic E-state index is 5.68. The van der Waals surface area contributed by atoms with Gasteiger partial charge in [0, 0.05) is 24.9 Å². The molecule has 106 valence electrons. The maximum Gasteiger partial charge on any atom is 0.226 e. The summed E-state index contributed by atoms with van der Waals surface area (Å²) in [5, 5.41) is 3.24. The van der Waals surface area contributed by atoms with Gasteiger partial charge in [-0.05, 0) is 32.6 Å². The minimum atomic E-state index is 0.276. The largest absolute Gasteiger partial charge is 0.478 e. The molecule has 5 heteroatoms. The highest BCUT2D eigenvalue weighted by atomic mass is 16.5. The highest BCUT2D eigenvalue weighted by Crippen LogP contribution is 2.15. The van der Waals surface area contributed by atoms with Gasteiger partial charge >= 0.3 is 0 Å². The van der Waals surface area contributed by atoms with E-state index in [-0.39, 0.29) is 6.10 Å². The van der Waals surface area contributed by atoms with Gasteiger partial charge in [0.1, 0.15) is 0 Å². The van der Waals surface area contributed by atoms with E-state index in [4.69, 9.17) is 9.47 Å². The second-order valence-electron chi connectivity index (χ2n) is 4.89. The number of nitrogens with zero attached hydrogens (tertiary/aromatic N) is 2. The number of rotatable bonds is 6. The van der Waals surface area contributed by atoms with Crippen LogP contribution >= 0.6 is 0 Å². The number of aromatic nitrogens is 2. The quantitative estimate of drug-likeness (QED) is 0.856. The summed E-state index contributed by atoms with van der Waals surface area (Å²) < 4.78 is 11.2. The van der Waals surface area contributed by atoms with Crippen molar-refractivity contribution < 1.29 is 9.47 Å². The van der Waals surface area contributed by atoms with Crippen molar-refractivity contribution in [3.8, 4) is 5.88 Å². The summed E-state index contributed by atoms with van der Waals surface area (Å²) in [6.45, 7) is 6.33. The third-order valence-electron chi connectivity index (χ3n) is 3.05. The average molecular weight is 265 g/mol. The lowest BCUT2D eigenvalue weighted by Gasteiger charge is -2.22. The molecule has 0 radical (unpaired) electrons. The van der Waals surface area contributed by atoms with Crippen molar-refractivity contribution in [1.82, 2.24) is 9.97 Å². The van der Waals surface area contributed by atoms with Crippen LogP contribution in [-0.4, -0.2) is 35.8 Å². The number of anilines is 1. The Morgan fingerprint density at radius 3 is 3.05 bits per heavy atom. The molecule has 1 fully saturated rings. The summed E-state index contributed by atoms with van der Waals surface area (Å²) in [4.78, 5) is 8.72. The molecule has 1 atom stereocenters. The zero-order valence-corrected chi connectivity index (χ0v) is 11.8. The predicted octanol–water partition coefficient (Wildman–Crippen LogP) is 2.55. The molecule has 0 amide bonds. The van der Waals surface area contributed by atoms with Crippen molar-refractivity contribution >= 4 is 5.95 Å². The molecule has 0 spiro atoms. The van der Waals surface area contributed by atoms with Crippen LogP contribution in [0.4, 0.5) is 5.95 Å². The Kier molecular flexibility index (Phi) is 5.39. The van der Waals surface area contributed by atoms with E-state index in [2.05, 4.69) is 22.2 Å². The van der Waals surface area contributed by atoms with Gasteiger partial charge in [0.2, 0.25) is 11.8 Å². The molecule has 1 unspecified atom stereocenters. The standard InChI is InChI=1S/C14H23N3O2/c1-3-7-19-13-9-11(2)16-14(17-13)15-10-12-6-4-5-8-18-12/h9,12H,3-8,10H2,1-2H3,(H,15,16,17). The van der Waals surface area contributed by atoms with Crippen molar-refractivity contribution in [2.24, 2.45) is 0 Å². The van der Waals surface area contributed by atoms with Gasteiger partial charge in [-0.3, -0.25) is 0 Å². The first-order valence-corrected chi connectivity index (χ1v) is 7.12. The van der Waals surface area contributed by atoms with Crippen molar-refractivity contribution in [3.63, 3.8) is 0 Å². The van der Waals surface area contributed by atoms with E-state index in [0.717, 1.165) is 31.7 Å². The third-order valence-corrected chi connectivity index (χ3v) is 3.05. The molecule has 0 aromatic carbocycles. The molecule has 19 heavy (non-hydrogen) atoms. The molecular weight excluding hydrogens is 242 g/mol. The Hall–Kier alpha value is -1.36. The summed E-state index contributed by atoms with van der Waals surface area (Å²) in [6.07, 6.45) is 4.77. The van der Waals surface area contributed by atoms with E-state index in [9.17, 15) is 0 Å². The van der Waals surface area contributed by atoms with Crippen LogP contribution in [0.25, 0.3) is 0 Å². The minimum Gasteiger partial charge on any atom is -0.478 e. The van der Waals surface area contributed by atoms with E-state index in [1.165, 1.54) is 12.8 Å². The van der Waals surface area contributed by atoms with Crippen LogP contribution in [0.3, 0.4) is 0 Å². The highest BCUT2D eigenvalue weighted by molar-refractivity contribution is 5.30. The van der Waals surface area contributed by atoms with Crippen molar-refractivity contribution in [2.45, 2.75) is 45.6 Å². The van der Waals surface area contributed by atoms with Crippen molar-refractivity contribution in [1.29, 1.82) is 0 Å². The number of nitrogens with one attached hydrogen (secondary N) is 1. The number of hydrogen-bond donors (Lipinski definition) is 1. The van der Waals surface area contributed by atoms with Crippen LogP contribution in [-0.2, 0) is 4.74 Å². The van der Waals surface area contributed by atoms with Crippen LogP contribution in [0, 0.1) is 6.92 Å². The Morgan fingerprint density at radius 2 is 2.32 bits per heavy atom. The third kappa shape index (κ3) is 4.67. The lowest BCUT2D eigenvalue weighted by Crippen LogP contribution is -2.27. The van der Waals surface area contributed by atoms with Gasteiger partial charge in [0.25, 0.3) is 0 Å². The Morgan fingerprint density at radius 1 is 1.42 bits per heavy atom. The SMILES string of the molecule is CCCOc1cc(C)nc(NCC2CCCCO2)n1. The number of hydrogen-bond acceptors (Lipinski definition) is 5. The van der Waals surface area contributed by atoms with E-state index in [1.54, 1.807) is 0 Å². The minimum absolute atomic E-state index is 0.276. The molecule has 2 rings (SSSR count). The topological polar surface area (TPSA) is 56.3 Å². The van der Waals surface area contributed by atoms with Gasteiger partial charge in [-0.1, -0.05) is 6.92 Å². The normalized spacial score (nSPS) is 19.2. The zero-order chi connectivity index (χ0) is 13.5. The zero-order valence-electron chi connectivity index (χ0n) is 11.8. The molecule has 1 aliphatic heterocycles. The first-order chi connectivity index (χ1) is 9.28. The smallest absolute Gasteiger partial charge is 0.226 e. The summed E-state index contributed by atoms with van der Waals surface area (Å²) in [6, 6.07) is 1.86. The van der Waals surface area contributed by atoms with Gasteiger partial charge in [-0.25, -0.2) is 4.98 Å². The van der Waals surface area contributed by atoms with Crippen molar-refractivity contribution in [2.75, 3.05) is 25.1 Å². The van der Waals surface area contributed by atoms with Crippen LogP contribution in [0.1, 0.15) is 38.3 Å². The first-order valence-electron chi connectivity index (χ1n) is 7.12. The molecule has 1 aliphatic rings. The Bertz CT molecular complexity index is 392. The van der Waals surface area contributed by atoms with Crippen molar-refractivity contribution in [3.05, 3.63) is 11.8 Å². The highest BCUT2D eigenvalue weighted by Gasteiger charge is 2.14. The lowest BCUT2D eigenvalue weighted by atomic mass is 10.1. The summed E-state index contributed by atoms with van der Waals surface area (Å²) >= 11 is 0. The number of aryl methyl sites for hydroxylation is 1. The van der Waals surface area contributed by atoms with Crippen LogP contribution in [0.2, 0.25) is 0 Å². The summed E-state index contributed by atoms with van der Waals surface area (Å²) in [5.41, 5.74) is 0.910. The van der Waals surface area contributed by atoms with Gasteiger partial charge in [-0.15, -0.1) is 0 Å². The Balaban J connectivity index is 1.89. The van der Waals surface area contributed by atoms with Gasteiger partial charge in [0.05, 0.1) is 12.7 Å². The van der Waals surface area contributed by atoms with Crippen LogP contribution < -0.4 is 10.1 Å². The lowest BCUT2D eigenvalue weighted by molar-refractivity contribution is 0.0246. The molecule has 0 aliphatic carbocycles.